The van der Waals surface area contributed by atoms with Crippen molar-refractivity contribution in [2.45, 2.75) is 6.92 Å². The van der Waals surface area contributed by atoms with Gasteiger partial charge in [-0.3, -0.25) is 15.1 Å². The fourth-order valence-electron chi connectivity index (χ4n) is 2.52. The molecule has 0 aliphatic rings. The zero-order valence-corrected chi connectivity index (χ0v) is 16.6. The molecule has 8 heteroatoms. The second-order valence-corrected chi connectivity index (χ2v) is 6.15. The Morgan fingerprint density at radius 1 is 1.03 bits per heavy atom. The van der Waals surface area contributed by atoms with Gasteiger partial charge in [0.25, 0.3) is 0 Å². The minimum atomic E-state index is -0.692. The first-order valence-corrected chi connectivity index (χ1v) is 9.40. The third-order valence-corrected chi connectivity index (χ3v) is 3.99. The van der Waals surface area contributed by atoms with Gasteiger partial charge in [0.1, 0.15) is 0 Å². The number of ether oxygens (including phenoxy) is 2. The monoisotopic (exact) mass is 417 g/mol. The molecule has 0 unspecified atom stereocenters. The number of hydrogen-bond donors (Lipinski definition) is 1. The minimum absolute atomic E-state index is 0.0350. The molecule has 0 bridgehead atoms. The highest BCUT2D eigenvalue weighted by atomic mass is 16.5. The number of nitrogens with one attached hydrogen (secondary N) is 1. The first-order chi connectivity index (χ1) is 15.1. The first kappa shape index (κ1) is 21.4. The Labute approximate surface area is 178 Å². The number of allylic oxidation sites excluding steroid dienone is 1. The van der Waals surface area contributed by atoms with E-state index in [1.54, 1.807) is 43.3 Å². The van der Waals surface area contributed by atoms with Crippen molar-refractivity contribution in [3.63, 3.8) is 0 Å². The van der Waals surface area contributed by atoms with Gasteiger partial charge in [-0.15, -0.1) is 0 Å². The van der Waals surface area contributed by atoms with Crippen LogP contribution in [0.3, 0.4) is 0 Å². The van der Waals surface area contributed by atoms with Crippen molar-refractivity contribution in [2.75, 3.05) is 11.9 Å². The molecule has 2 heterocycles. The fraction of sp³-hybridized carbons (Fsp3) is 0.0870. The second kappa shape index (κ2) is 10.4. The SMILES string of the molecule is CCOC(=O)Nc1cc(OC(=O)c2cccnc2)ncc1/C=C/C(=O)c1ccccc1. The molecule has 0 aliphatic carbocycles. The molecule has 0 saturated heterocycles. The molecule has 3 aromatic rings. The number of nitrogens with zero attached hydrogens (tertiary/aromatic N) is 2. The van der Waals surface area contributed by atoms with Crippen LogP contribution in [-0.2, 0) is 4.74 Å². The summed E-state index contributed by atoms with van der Waals surface area (Å²) in [7, 11) is 0. The predicted molar refractivity (Wildman–Crippen MR) is 114 cm³/mol. The highest BCUT2D eigenvalue weighted by Gasteiger charge is 2.13. The zero-order chi connectivity index (χ0) is 22.1. The summed E-state index contributed by atoms with van der Waals surface area (Å²) < 4.78 is 10.2. The Balaban J connectivity index is 1.84. The number of aromatic nitrogens is 2. The van der Waals surface area contributed by atoms with E-state index >= 15 is 0 Å². The molecular weight excluding hydrogens is 398 g/mol. The number of ketones is 1. The Morgan fingerprint density at radius 3 is 2.52 bits per heavy atom. The topological polar surface area (TPSA) is 107 Å². The Kier molecular flexibility index (Phi) is 7.21. The van der Waals surface area contributed by atoms with Gasteiger partial charge in [0, 0.05) is 35.8 Å². The van der Waals surface area contributed by atoms with Gasteiger partial charge < -0.3 is 9.47 Å². The number of carbonyl (C=O) groups excluding carboxylic acids is 3. The maximum absolute atomic E-state index is 12.3. The fourth-order valence-corrected chi connectivity index (χ4v) is 2.52. The molecule has 0 atom stereocenters. The smallest absolute Gasteiger partial charge is 0.411 e. The van der Waals surface area contributed by atoms with Crippen molar-refractivity contribution in [3.8, 4) is 5.88 Å². The van der Waals surface area contributed by atoms with Crippen LogP contribution in [0, 0.1) is 0 Å². The molecule has 8 nitrogen and oxygen atoms in total. The van der Waals surface area contributed by atoms with Crippen LogP contribution < -0.4 is 10.1 Å². The summed E-state index contributed by atoms with van der Waals surface area (Å²) in [5, 5.41) is 2.56. The van der Waals surface area contributed by atoms with Crippen molar-refractivity contribution in [1.29, 1.82) is 0 Å². The number of esters is 1. The normalized spacial score (nSPS) is 10.5. The maximum Gasteiger partial charge on any atom is 0.411 e. The largest absolute Gasteiger partial charge is 0.450 e. The number of pyridine rings is 2. The summed E-state index contributed by atoms with van der Waals surface area (Å²) in [6.07, 6.45) is 6.46. The third kappa shape index (κ3) is 6.07. The lowest BCUT2D eigenvalue weighted by Gasteiger charge is -2.10. The molecular formula is C23H19N3O5. The van der Waals surface area contributed by atoms with Gasteiger partial charge in [-0.1, -0.05) is 30.3 Å². The van der Waals surface area contributed by atoms with Crippen LogP contribution in [0.1, 0.15) is 33.2 Å². The standard InChI is InChI=1S/C23H19N3O5/c1-2-30-23(29)26-19-13-21(31-22(28)18-9-6-12-24-14-18)25-15-17(19)10-11-20(27)16-7-4-3-5-8-16/h3-15H,2H2,1H3,(H,25,26,29)/b11-10+. The maximum atomic E-state index is 12.3. The zero-order valence-electron chi connectivity index (χ0n) is 16.6. The van der Waals surface area contributed by atoms with Gasteiger partial charge in [0.2, 0.25) is 5.88 Å². The van der Waals surface area contributed by atoms with Crippen molar-refractivity contribution in [3.05, 3.63) is 89.9 Å². The van der Waals surface area contributed by atoms with Gasteiger partial charge in [-0.2, -0.15) is 0 Å². The lowest BCUT2D eigenvalue weighted by Crippen LogP contribution is -2.15. The molecule has 0 aliphatic heterocycles. The van der Waals surface area contributed by atoms with E-state index in [2.05, 4.69) is 15.3 Å². The summed E-state index contributed by atoms with van der Waals surface area (Å²) in [6, 6.07) is 13.3. The molecule has 31 heavy (non-hydrogen) atoms. The molecule has 3 rings (SSSR count). The van der Waals surface area contributed by atoms with Gasteiger partial charge in [0.05, 0.1) is 17.9 Å². The van der Waals surface area contributed by atoms with E-state index < -0.39 is 12.1 Å². The van der Waals surface area contributed by atoms with Gasteiger partial charge in [-0.05, 0) is 31.2 Å². The van der Waals surface area contributed by atoms with E-state index in [0.717, 1.165) is 0 Å². The number of hydrogen-bond acceptors (Lipinski definition) is 7. The predicted octanol–water partition coefficient (Wildman–Crippen LogP) is 4.16. The van der Waals surface area contributed by atoms with Crippen molar-refractivity contribution >= 4 is 29.6 Å². The first-order valence-electron chi connectivity index (χ1n) is 9.40. The van der Waals surface area contributed by atoms with E-state index in [1.807, 2.05) is 6.07 Å². The van der Waals surface area contributed by atoms with Crippen LogP contribution >= 0.6 is 0 Å². The molecule has 0 radical (unpaired) electrons. The average molecular weight is 417 g/mol. The number of rotatable bonds is 7. The van der Waals surface area contributed by atoms with E-state index in [4.69, 9.17) is 9.47 Å². The lowest BCUT2D eigenvalue weighted by atomic mass is 10.1. The summed E-state index contributed by atoms with van der Waals surface area (Å²) in [5.41, 5.74) is 1.47. The quantitative estimate of drug-likeness (QED) is 0.349. The number of carbonyl (C=O) groups is 3. The number of amides is 1. The molecule has 0 fully saturated rings. The van der Waals surface area contributed by atoms with Gasteiger partial charge in [-0.25, -0.2) is 14.6 Å². The third-order valence-electron chi connectivity index (χ3n) is 3.99. The van der Waals surface area contributed by atoms with Crippen LogP contribution in [0.15, 0.2) is 73.2 Å². The summed E-state index contributed by atoms with van der Waals surface area (Å²) in [4.78, 5) is 44.4. The second-order valence-electron chi connectivity index (χ2n) is 6.15. The van der Waals surface area contributed by atoms with Crippen molar-refractivity contribution in [2.24, 2.45) is 0 Å². The Morgan fingerprint density at radius 2 is 1.81 bits per heavy atom. The molecule has 1 aromatic carbocycles. The minimum Gasteiger partial charge on any atom is -0.450 e. The number of benzene rings is 1. The average Bonchev–Trinajstić information content (AvgIpc) is 2.79. The summed E-state index contributed by atoms with van der Waals surface area (Å²) in [6.45, 7) is 1.85. The van der Waals surface area contributed by atoms with Gasteiger partial charge in [0.15, 0.2) is 5.78 Å². The van der Waals surface area contributed by atoms with Gasteiger partial charge >= 0.3 is 12.1 Å². The summed E-state index contributed by atoms with van der Waals surface area (Å²) in [5.74, 6) is -0.896. The summed E-state index contributed by atoms with van der Waals surface area (Å²) >= 11 is 0. The van der Waals surface area contributed by atoms with Crippen molar-refractivity contribution in [1.82, 2.24) is 9.97 Å². The van der Waals surface area contributed by atoms with Crippen LogP contribution in [0.4, 0.5) is 10.5 Å². The molecule has 0 saturated carbocycles. The highest BCUT2D eigenvalue weighted by molar-refractivity contribution is 6.07. The Bertz CT molecular complexity index is 1100. The lowest BCUT2D eigenvalue weighted by molar-refractivity contribution is 0.0727. The molecule has 156 valence electrons. The highest BCUT2D eigenvalue weighted by Crippen LogP contribution is 2.23. The van der Waals surface area contributed by atoms with Crippen LogP contribution in [-0.4, -0.2) is 34.4 Å². The molecule has 2 aromatic heterocycles. The van der Waals surface area contributed by atoms with E-state index in [1.165, 1.54) is 36.8 Å². The molecule has 0 spiro atoms. The molecule has 1 N–H and O–H groups in total. The van der Waals surface area contributed by atoms with E-state index in [-0.39, 0.29) is 29.5 Å². The molecule has 1 amide bonds. The van der Waals surface area contributed by atoms with E-state index in [9.17, 15) is 14.4 Å². The van der Waals surface area contributed by atoms with E-state index in [0.29, 0.717) is 11.1 Å². The van der Waals surface area contributed by atoms with Crippen LogP contribution in [0.25, 0.3) is 6.08 Å². The van der Waals surface area contributed by atoms with Crippen LogP contribution in [0.2, 0.25) is 0 Å². The Hall–Kier alpha value is -4.33. The van der Waals surface area contributed by atoms with Crippen molar-refractivity contribution < 1.29 is 23.9 Å². The van der Waals surface area contributed by atoms with Crippen LogP contribution in [0.5, 0.6) is 5.88 Å². The number of anilines is 1.